The lowest BCUT2D eigenvalue weighted by Crippen LogP contribution is -2.52. The Bertz CT molecular complexity index is 710. The molecule has 0 spiro atoms. The van der Waals surface area contributed by atoms with Gasteiger partial charge in [0.15, 0.2) is 0 Å². The maximum Gasteiger partial charge on any atom is 0.254 e. The molecule has 0 radical (unpaired) electrons. The van der Waals surface area contributed by atoms with E-state index in [1.54, 1.807) is 0 Å². The summed E-state index contributed by atoms with van der Waals surface area (Å²) < 4.78 is 0. The second kappa shape index (κ2) is 7.80. The summed E-state index contributed by atoms with van der Waals surface area (Å²) in [6.45, 7) is 4.12. The van der Waals surface area contributed by atoms with Crippen LogP contribution in [0.5, 0.6) is 0 Å². The van der Waals surface area contributed by atoms with E-state index in [4.69, 9.17) is 5.73 Å². The maximum atomic E-state index is 12.8. The SMILES string of the molecule is CC(C(=O)N1CCN(C(=O)c2ccsc2)CC1)C(N)c1ccccc1. The van der Waals surface area contributed by atoms with Crippen molar-refractivity contribution in [1.82, 2.24) is 9.80 Å². The highest BCUT2D eigenvalue weighted by Crippen LogP contribution is 2.22. The van der Waals surface area contributed by atoms with Gasteiger partial charge in [0.05, 0.1) is 11.5 Å². The molecule has 2 N–H and O–H groups in total. The van der Waals surface area contributed by atoms with Gasteiger partial charge in [0, 0.05) is 37.6 Å². The zero-order valence-electron chi connectivity index (χ0n) is 14.3. The van der Waals surface area contributed by atoms with Crippen LogP contribution in [0.3, 0.4) is 0 Å². The second-order valence-electron chi connectivity index (χ2n) is 6.35. The average molecular weight is 357 g/mol. The Balaban J connectivity index is 1.57. The molecule has 2 amide bonds. The third-order valence-electron chi connectivity index (χ3n) is 4.76. The fraction of sp³-hybridized carbons (Fsp3) is 0.368. The van der Waals surface area contributed by atoms with Crippen LogP contribution in [0, 0.1) is 5.92 Å². The maximum absolute atomic E-state index is 12.8. The lowest BCUT2D eigenvalue weighted by molar-refractivity contribution is -0.137. The third kappa shape index (κ3) is 3.91. The number of hydrogen-bond acceptors (Lipinski definition) is 4. The monoisotopic (exact) mass is 357 g/mol. The highest BCUT2D eigenvalue weighted by atomic mass is 32.1. The lowest BCUT2D eigenvalue weighted by atomic mass is 9.94. The molecule has 6 heteroatoms. The van der Waals surface area contributed by atoms with Gasteiger partial charge in [-0.15, -0.1) is 0 Å². The fourth-order valence-corrected chi connectivity index (χ4v) is 3.73. The number of benzene rings is 1. The first-order chi connectivity index (χ1) is 12.1. The molecule has 2 atom stereocenters. The van der Waals surface area contributed by atoms with Crippen molar-refractivity contribution in [2.24, 2.45) is 11.7 Å². The number of hydrogen-bond donors (Lipinski definition) is 1. The minimum absolute atomic E-state index is 0.0439. The van der Waals surface area contributed by atoms with Gasteiger partial charge < -0.3 is 15.5 Å². The van der Waals surface area contributed by atoms with Gasteiger partial charge in [-0.3, -0.25) is 9.59 Å². The average Bonchev–Trinajstić information content (AvgIpc) is 3.21. The van der Waals surface area contributed by atoms with E-state index in [0.717, 1.165) is 11.1 Å². The summed E-state index contributed by atoms with van der Waals surface area (Å²) >= 11 is 1.52. The topological polar surface area (TPSA) is 66.6 Å². The van der Waals surface area contributed by atoms with E-state index in [2.05, 4.69) is 0 Å². The number of carbonyl (C=O) groups excluding carboxylic acids is 2. The molecule has 1 aromatic carbocycles. The second-order valence-corrected chi connectivity index (χ2v) is 7.13. The molecule has 25 heavy (non-hydrogen) atoms. The number of piperazine rings is 1. The third-order valence-corrected chi connectivity index (χ3v) is 5.44. The molecule has 1 saturated heterocycles. The number of thiophene rings is 1. The van der Waals surface area contributed by atoms with Crippen molar-refractivity contribution in [1.29, 1.82) is 0 Å². The van der Waals surface area contributed by atoms with E-state index in [0.29, 0.717) is 26.2 Å². The first-order valence-corrected chi connectivity index (χ1v) is 9.43. The van der Waals surface area contributed by atoms with E-state index in [1.807, 2.05) is 63.9 Å². The van der Waals surface area contributed by atoms with Crippen molar-refractivity contribution in [3.8, 4) is 0 Å². The molecule has 2 heterocycles. The van der Waals surface area contributed by atoms with Crippen LogP contribution in [0.1, 0.15) is 28.9 Å². The van der Waals surface area contributed by atoms with Gasteiger partial charge in [-0.25, -0.2) is 0 Å². The standard InChI is InChI=1S/C19H23N3O2S/c1-14(17(20)15-5-3-2-4-6-15)18(23)21-8-10-22(11-9-21)19(24)16-7-12-25-13-16/h2-7,12-14,17H,8-11,20H2,1H3. The van der Waals surface area contributed by atoms with Crippen LogP contribution >= 0.6 is 11.3 Å². The number of nitrogens with two attached hydrogens (primary N) is 1. The van der Waals surface area contributed by atoms with Crippen LogP contribution in [0.15, 0.2) is 47.2 Å². The zero-order valence-corrected chi connectivity index (χ0v) is 15.1. The van der Waals surface area contributed by atoms with E-state index < -0.39 is 0 Å². The van der Waals surface area contributed by atoms with E-state index in [9.17, 15) is 9.59 Å². The van der Waals surface area contributed by atoms with Gasteiger partial charge in [0.1, 0.15) is 0 Å². The van der Waals surface area contributed by atoms with Crippen LogP contribution in [0.25, 0.3) is 0 Å². The van der Waals surface area contributed by atoms with Gasteiger partial charge >= 0.3 is 0 Å². The largest absolute Gasteiger partial charge is 0.339 e. The van der Waals surface area contributed by atoms with Crippen LogP contribution in [0.2, 0.25) is 0 Å². The lowest BCUT2D eigenvalue weighted by Gasteiger charge is -2.36. The fourth-order valence-electron chi connectivity index (χ4n) is 3.10. The molecule has 2 aromatic rings. The highest BCUT2D eigenvalue weighted by molar-refractivity contribution is 7.08. The zero-order chi connectivity index (χ0) is 17.8. The molecular formula is C19H23N3O2S. The molecule has 1 fully saturated rings. The van der Waals surface area contributed by atoms with Gasteiger partial charge in [-0.1, -0.05) is 37.3 Å². The van der Waals surface area contributed by atoms with Crippen molar-refractivity contribution in [3.63, 3.8) is 0 Å². The van der Waals surface area contributed by atoms with Crippen molar-refractivity contribution < 1.29 is 9.59 Å². The minimum atomic E-state index is -0.320. The highest BCUT2D eigenvalue weighted by Gasteiger charge is 2.30. The quantitative estimate of drug-likeness (QED) is 0.913. The molecule has 0 bridgehead atoms. The molecule has 1 aliphatic rings. The molecule has 0 aliphatic carbocycles. The Labute approximate surface area is 152 Å². The van der Waals surface area contributed by atoms with E-state index >= 15 is 0 Å². The predicted molar refractivity (Wildman–Crippen MR) is 99.3 cm³/mol. The Morgan fingerprint density at radius 1 is 1.04 bits per heavy atom. The van der Waals surface area contributed by atoms with Gasteiger partial charge in [0.25, 0.3) is 5.91 Å². The Morgan fingerprint density at radius 2 is 1.68 bits per heavy atom. The summed E-state index contributed by atoms with van der Waals surface area (Å²) in [4.78, 5) is 28.8. The predicted octanol–water partition coefficient (Wildman–Crippen LogP) is 2.37. The van der Waals surface area contributed by atoms with Crippen molar-refractivity contribution in [2.45, 2.75) is 13.0 Å². The number of amides is 2. The van der Waals surface area contributed by atoms with Crippen LogP contribution in [-0.4, -0.2) is 47.8 Å². The number of rotatable bonds is 4. The molecule has 5 nitrogen and oxygen atoms in total. The van der Waals surface area contributed by atoms with Crippen LogP contribution in [-0.2, 0) is 4.79 Å². The van der Waals surface area contributed by atoms with E-state index in [-0.39, 0.29) is 23.8 Å². The van der Waals surface area contributed by atoms with Crippen LogP contribution < -0.4 is 5.73 Å². The summed E-state index contributed by atoms with van der Waals surface area (Å²) in [7, 11) is 0. The van der Waals surface area contributed by atoms with Crippen molar-refractivity contribution in [3.05, 3.63) is 58.3 Å². The Hall–Kier alpha value is -2.18. The normalized spacial score (nSPS) is 17.2. The van der Waals surface area contributed by atoms with Gasteiger partial charge in [0.2, 0.25) is 5.91 Å². The molecule has 0 saturated carbocycles. The summed E-state index contributed by atoms with van der Waals surface area (Å²) in [5.41, 5.74) is 7.97. The number of carbonyl (C=O) groups is 2. The van der Waals surface area contributed by atoms with E-state index in [1.165, 1.54) is 11.3 Å². The van der Waals surface area contributed by atoms with Gasteiger partial charge in [-0.05, 0) is 17.0 Å². The minimum Gasteiger partial charge on any atom is -0.339 e. The first-order valence-electron chi connectivity index (χ1n) is 8.48. The molecule has 132 valence electrons. The molecule has 1 aromatic heterocycles. The van der Waals surface area contributed by atoms with Gasteiger partial charge in [-0.2, -0.15) is 11.3 Å². The molecule has 3 rings (SSSR count). The van der Waals surface area contributed by atoms with Crippen molar-refractivity contribution in [2.75, 3.05) is 26.2 Å². The molecule has 2 unspecified atom stereocenters. The smallest absolute Gasteiger partial charge is 0.254 e. The summed E-state index contributed by atoms with van der Waals surface area (Å²) in [6.07, 6.45) is 0. The summed E-state index contributed by atoms with van der Waals surface area (Å²) in [5.74, 6) is -0.192. The molecule has 1 aliphatic heterocycles. The number of nitrogens with zero attached hydrogens (tertiary/aromatic N) is 2. The Morgan fingerprint density at radius 3 is 2.28 bits per heavy atom. The Kier molecular flexibility index (Phi) is 5.50. The summed E-state index contributed by atoms with van der Waals surface area (Å²) in [5, 5.41) is 3.76. The van der Waals surface area contributed by atoms with Crippen LogP contribution in [0.4, 0.5) is 0 Å². The summed E-state index contributed by atoms with van der Waals surface area (Å²) in [6, 6.07) is 11.2. The first kappa shape index (κ1) is 17.6. The van der Waals surface area contributed by atoms with Crippen molar-refractivity contribution >= 4 is 23.2 Å². The molecular weight excluding hydrogens is 334 g/mol.